The van der Waals surface area contributed by atoms with Gasteiger partial charge in [-0.25, -0.2) is 22.9 Å². The first-order chi connectivity index (χ1) is 38.4. The number of hydrogen-bond acceptors (Lipinski definition) is 13. The van der Waals surface area contributed by atoms with Crippen molar-refractivity contribution in [2.45, 2.75) is 107 Å². The molecule has 2 unspecified atom stereocenters. The smallest absolute Gasteiger partial charge is 0.409 e. The van der Waals surface area contributed by atoms with Gasteiger partial charge in [-0.1, -0.05) is 30.2 Å². The number of aryl methyl sites for hydroxylation is 2. The summed E-state index contributed by atoms with van der Waals surface area (Å²) in [6.07, 6.45) is 18.1. The van der Waals surface area contributed by atoms with Gasteiger partial charge >= 0.3 is 12.1 Å². The molecule has 19 heteroatoms. The number of likely N-dealkylation sites (tertiary alicyclic amines) is 1. The van der Waals surface area contributed by atoms with E-state index in [1.807, 2.05) is 18.2 Å². The molecule has 10 heterocycles. The van der Waals surface area contributed by atoms with Gasteiger partial charge in [0.1, 0.15) is 35.3 Å². The molecular weight excluding hydrogens is 1010 g/mol. The van der Waals surface area contributed by atoms with E-state index in [0.29, 0.717) is 94.5 Å². The van der Waals surface area contributed by atoms with Gasteiger partial charge in [-0.2, -0.15) is 15.1 Å². The Kier molecular flexibility index (Phi) is 14.6. The standard InChI is InChI=1S/C34H33F2N5O2.C26H34FN5O4/c1-2-23-25(35)11-9-21-7-3-8-24(27(21)23)30-29(36)31-28-26(37-30)12-10-22-19-42-18-6-17-41(22)32(28)39-33(38-31)43-20-34-13-4-15-40(34)16-5-14-34;1-30-21-15-22(20(27)14-19(21)24(29-30)18-3-4-23(33)28-25(18)34)31-9-5-16(6-10-31)13-17-7-11-32(12-8-17)26(35)36-2/h1,3,7-9,11,22H,4-6,10,12-20H2;14-18H,3-13H2,1-2H3,(H,28,33,34). The summed E-state index contributed by atoms with van der Waals surface area (Å²) < 4.78 is 66.0. The normalized spacial score (nSPS) is 21.7. The molecule has 3 aromatic carbocycles. The SMILES string of the molecule is C#Cc1c(F)ccc2cccc(-c3nc4c5c(nc(OCC67CCCN6CCC7)nc5c3F)N3CCCOCC3CC4)c12.COC(=O)N1CCC(CC2CCN(c3cc4c(cc3F)c(C3CCC(=O)NC3=O)nn4C)CC2)CC1. The lowest BCUT2D eigenvalue weighted by atomic mass is 9.83. The van der Waals surface area contributed by atoms with E-state index in [-0.39, 0.29) is 64.5 Å². The van der Waals surface area contributed by atoms with Crippen molar-refractivity contribution in [1.82, 2.24) is 39.8 Å². The highest BCUT2D eigenvalue weighted by molar-refractivity contribution is 6.04. The van der Waals surface area contributed by atoms with E-state index in [0.717, 1.165) is 122 Å². The van der Waals surface area contributed by atoms with E-state index in [1.54, 1.807) is 28.8 Å². The number of ether oxygens (including phenoxy) is 3. The summed E-state index contributed by atoms with van der Waals surface area (Å²) >= 11 is 0. The Morgan fingerprint density at radius 3 is 2.39 bits per heavy atom. The second-order valence-corrected chi connectivity index (χ2v) is 22.7. The molecule has 414 valence electrons. The van der Waals surface area contributed by atoms with Crippen LogP contribution < -0.4 is 19.9 Å². The zero-order chi connectivity index (χ0) is 54.5. The van der Waals surface area contributed by atoms with Gasteiger partial charge in [0.05, 0.1) is 64.8 Å². The predicted octanol–water partition coefficient (Wildman–Crippen LogP) is 8.97. The molecule has 7 aliphatic heterocycles. The number of imide groups is 1. The van der Waals surface area contributed by atoms with Crippen LogP contribution in [0.15, 0.2) is 42.5 Å². The molecule has 0 bridgehead atoms. The van der Waals surface area contributed by atoms with E-state index < -0.39 is 17.6 Å². The largest absolute Gasteiger partial charge is 0.461 e. The monoisotopic (exact) mass is 1080 g/mol. The maximum Gasteiger partial charge on any atom is 0.409 e. The van der Waals surface area contributed by atoms with Crippen LogP contribution in [-0.2, 0) is 32.5 Å². The van der Waals surface area contributed by atoms with Gasteiger partial charge in [-0.15, -0.1) is 6.42 Å². The Hall–Kier alpha value is -7.04. The van der Waals surface area contributed by atoms with Crippen LogP contribution in [0.5, 0.6) is 6.01 Å². The van der Waals surface area contributed by atoms with Crippen LogP contribution in [0.2, 0.25) is 0 Å². The third kappa shape index (κ3) is 9.97. The second-order valence-electron chi connectivity index (χ2n) is 22.7. The summed E-state index contributed by atoms with van der Waals surface area (Å²) in [5, 5.41) is 9.33. The summed E-state index contributed by atoms with van der Waals surface area (Å²) in [6, 6.07) is 12.0. The van der Waals surface area contributed by atoms with Crippen molar-refractivity contribution in [1.29, 1.82) is 0 Å². The average Bonchev–Trinajstić information content (AvgIpc) is 4.05. The second kappa shape index (κ2) is 21.9. The Morgan fingerprint density at radius 1 is 0.873 bits per heavy atom. The molecule has 13 rings (SSSR count). The fourth-order valence-corrected chi connectivity index (χ4v) is 13.9. The van der Waals surface area contributed by atoms with Gasteiger partial charge in [0, 0.05) is 69.1 Å². The minimum Gasteiger partial charge on any atom is -0.461 e. The molecule has 3 aromatic heterocycles. The maximum absolute atomic E-state index is 16.9. The molecule has 0 radical (unpaired) electrons. The number of rotatable bonds is 8. The lowest BCUT2D eigenvalue weighted by Gasteiger charge is -2.37. The van der Waals surface area contributed by atoms with E-state index >= 15 is 8.78 Å². The van der Waals surface area contributed by atoms with Gasteiger partial charge in [0.2, 0.25) is 11.8 Å². The van der Waals surface area contributed by atoms with Crippen molar-refractivity contribution >= 4 is 62.0 Å². The van der Waals surface area contributed by atoms with E-state index in [2.05, 4.69) is 31.0 Å². The van der Waals surface area contributed by atoms with Crippen LogP contribution in [0.1, 0.15) is 106 Å². The first-order valence-electron chi connectivity index (χ1n) is 28.3. The maximum atomic E-state index is 16.9. The lowest BCUT2D eigenvalue weighted by Crippen LogP contribution is -2.43. The van der Waals surface area contributed by atoms with Crippen LogP contribution in [-0.4, -0.2) is 137 Å². The van der Waals surface area contributed by atoms with Gasteiger partial charge in [-0.05, 0) is 132 Å². The highest BCUT2D eigenvalue weighted by Crippen LogP contribution is 2.43. The number of nitrogens with one attached hydrogen (secondary N) is 1. The minimum absolute atomic E-state index is 0.00280. The fraction of sp³-hybridized carbons (Fsp3) is 0.517. The first-order valence-corrected chi connectivity index (χ1v) is 28.3. The highest BCUT2D eigenvalue weighted by atomic mass is 19.1. The Bertz CT molecular complexity index is 3390. The average molecular weight is 1080 g/mol. The zero-order valence-electron chi connectivity index (χ0n) is 45.0. The molecule has 0 aliphatic carbocycles. The summed E-state index contributed by atoms with van der Waals surface area (Å²) in [5.74, 6) is 1.75. The number of methoxy groups -OCH3 is 1. The highest BCUT2D eigenvalue weighted by Gasteiger charge is 2.45. The van der Waals surface area contributed by atoms with E-state index in [4.69, 9.17) is 35.6 Å². The molecule has 6 fully saturated rings. The number of pyridine rings is 1. The van der Waals surface area contributed by atoms with Crippen molar-refractivity contribution in [3.63, 3.8) is 0 Å². The van der Waals surface area contributed by atoms with Crippen molar-refractivity contribution in [3.8, 4) is 29.6 Å². The third-order valence-electron chi connectivity index (χ3n) is 18.1. The van der Waals surface area contributed by atoms with Crippen molar-refractivity contribution in [3.05, 3.63) is 76.9 Å². The van der Waals surface area contributed by atoms with Crippen molar-refractivity contribution in [2.75, 3.05) is 82.5 Å². The number of fused-ring (bicyclic) bond motifs is 5. The summed E-state index contributed by atoms with van der Waals surface area (Å²) in [7, 11) is 3.23. The topological polar surface area (TPSA) is 160 Å². The molecule has 0 spiro atoms. The van der Waals surface area contributed by atoms with E-state index in [9.17, 15) is 18.8 Å². The number of carbonyl (C=O) groups excluding carboxylic acids is 3. The van der Waals surface area contributed by atoms with Crippen molar-refractivity contribution < 1.29 is 41.8 Å². The number of piperidine rings is 3. The van der Waals surface area contributed by atoms with Crippen LogP contribution in [0.3, 0.4) is 0 Å². The summed E-state index contributed by atoms with van der Waals surface area (Å²) in [5.41, 5.74) is 3.41. The Balaban J connectivity index is 0.000000161. The summed E-state index contributed by atoms with van der Waals surface area (Å²) in [4.78, 5) is 58.9. The quantitative estimate of drug-likeness (QED) is 0.114. The van der Waals surface area contributed by atoms with Gasteiger partial charge in [-0.3, -0.25) is 24.5 Å². The molecule has 6 saturated heterocycles. The third-order valence-corrected chi connectivity index (χ3v) is 18.1. The lowest BCUT2D eigenvalue weighted by molar-refractivity contribution is -0.134. The molecular formula is C60H67F3N10O6. The van der Waals surface area contributed by atoms with Crippen LogP contribution in [0.4, 0.5) is 29.5 Å². The number of hydrogen-bond donors (Lipinski definition) is 1. The Labute approximate surface area is 457 Å². The van der Waals surface area contributed by atoms with Crippen LogP contribution in [0, 0.1) is 41.6 Å². The zero-order valence-corrected chi connectivity index (χ0v) is 45.0. The van der Waals surface area contributed by atoms with E-state index in [1.165, 1.54) is 19.2 Å². The summed E-state index contributed by atoms with van der Waals surface area (Å²) in [6.45, 7) is 7.74. The Morgan fingerprint density at radius 2 is 1.65 bits per heavy atom. The number of benzene rings is 3. The molecule has 1 N–H and O–H groups in total. The van der Waals surface area contributed by atoms with Crippen LogP contribution >= 0.6 is 0 Å². The van der Waals surface area contributed by atoms with Crippen molar-refractivity contribution in [2.24, 2.45) is 18.9 Å². The molecule has 6 aromatic rings. The molecule has 2 atom stereocenters. The predicted molar refractivity (Wildman–Crippen MR) is 293 cm³/mol. The molecule has 0 saturated carbocycles. The molecule has 3 amide bonds. The number of halogens is 3. The van der Waals surface area contributed by atoms with Gasteiger partial charge in [0.25, 0.3) is 0 Å². The number of nitrogens with zero attached hydrogens (tertiary/aromatic N) is 9. The molecule has 79 heavy (non-hydrogen) atoms. The number of carbonyl (C=O) groups is 3. The number of aromatic nitrogens is 5. The first kappa shape index (κ1) is 52.6. The van der Waals surface area contributed by atoms with Crippen LogP contribution in [0.25, 0.3) is 43.8 Å². The number of amides is 3. The van der Waals surface area contributed by atoms with Gasteiger partial charge < -0.3 is 28.9 Å². The van der Waals surface area contributed by atoms with Gasteiger partial charge in [0.15, 0.2) is 5.82 Å². The minimum atomic E-state index is -0.585. The fourth-order valence-electron chi connectivity index (χ4n) is 13.9. The molecule has 7 aliphatic rings. The number of terminal acetylenes is 1. The number of anilines is 2. The molecule has 16 nitrogen and oxygen atoms in total.